The van der Waals surface area contributed by atoms with Crippen LogP contribution in [0.2, 0.25) is 0 Å². The molecule has 0 atom stereocenters. The summed E-state index contributed by atoms with van der Waals surface area (Å²) in [6, 6.07) is 7.95. The number of nitrogen functional groups attached to an aromatic ring is 1. The summed E-state index contributed by atoms with van der Waals surface area (Å²) in [6.07, 6.45) is 0. The Morgan fingerprint density at radius 2 is 1.75 bits per heavy atom. The Labute approximate surface area is 103 Å². The molecule has 0 amide bonds. The third kappa shape index (κ3) is 1.80. The van der Waals surface area contributed by atoms with Crippen molar-refractivity contribution in [1.82, 2.24) is 10.2 Å². The lowest BCUT2D eigenvalue weighted by Crippen LogP contribution is -2.02. The van der Waals surface area contributed by atoms with Gasteiger partial charge in [0.1, 0.15) is 5.82 Å². The van der Waals surface area contributed by atoms with Crippen molar-refractivity contribution < 1.29 is 0 Å². The van der Waals surface area contributed by atoms with Gasteiger partial charge in [-0.1, -0.05) is 34.1 Å². The largest absolute Gasteiger partial charge is 0.382 e. The Morgan fingerprint density at radius 3 is 2.44 bits per heavy atom. The van der Waals surface area contributed by atoms with E-state index in [2.05, 4.69) is 26.1 Å². The molecule has 0 radical (unpaired) electrons. The number of hydrogen-bond acceptors (Lipinski definition) is 3. The molecule has 1 aromatic heterocycles. The van der Waals surface area contributed by atoms with E-state index < -0.39 is 0 Å². The van der Waals surface area contributed by atoms with Crippen LogP contribution in [0, 0.1) is 13.8 Å². The Balaban J connectivity index is 2.66. The second kappa shape index (κ2) is 4.22. The van der Waals surface area contributed by atoms with Crippen LogP contribution in [0.5, 0.6) is 0 Å². The van der Waals surface area contributed by atoms with Gasteiger partial charge in [0.2, 0.25) is 0 Å². The van der Waals surface area contributed by atoms with Crippen molar-refractivity contribution in [2.24, 2.45) is 0 Å². The van der Waals surface area contributed by atoms with Crippen LogP contribution >= 0.6 is 15.9 Å². The maximum absolute atomic E-state index is 5.72. The fourth-order valence-electron chi connectivity index (χ4n) is 1.53. The summed E-state index contributed by atoms with van der Waals surface area (Å²) in [7, 11) is 0. The van der Waals surface area contributed by atoms with E-state index in [1.165, 1.54) is 0 Å². The summed E-state index contributed by atoms with van der Waals surface area (Å²) in [6.45, 7) is 3.97. The highest BCUT2D eigenvalue weighted by Crippen LogP contribution is 2.30. The number of nitrogens with zero attached hydrogens (tertiary/aromatic N) is 2. The van der Waals surface area contributed by atoms with Gasteiger partial charge in [-0.05, 0) is 31.0 Å². The fourth-order valence-corrected chi connectivity index (χ4v) is 2.01. The average molecular weight is 278 g/mol. The minimum atomic E-state index is 0.494. The van der Waals surface area contributed by atoms with Gasteiger partial charge in [-0.3, -0.25) is 0 Å². The first-order chi connectivity index (χ1) is 7.61. The van der Waals surface area contributed by atoms with Crippen LogP contribution in [0.25, 0.3) is 11.3 Å². The zero-order chi connectivity index (χ0) is 11.7. The van der Waals surface area contributed by atoms with Crippen LogP contribution in [0.1, 0.15) is 11.1 Å². The second-order valence-electron chi connectivity index (χ2n) is 3.66. The third-order valence-corrected chi connectivity index (χ3v) is 3.38. The molecule has 1 heterocycles. The molecule has 0 aliphatic heterocycles. The zero-order valence-electron chi connectivity index (χ0n) is 9.16. The Hall–Kier alpha value is -1.42. The lowest BCUT2D eigenvalue weighted by atomic mass is 10.0. The average Bonchev–Trinajstić information content (AvgIpc) is 2.28. The summed E-state index contributed by atoms with van der Waals surface area (Å²) < 4.78 is 1.01. The van der Waals surface area contributed by atoms with Gasteiger partial charge in [-0.15, -0.1) is 10.2 Å². The number of rotatable bonds is 1. The molecular weight excluding hydrogens is 266 g/mol. The maximum atomic E-state index is 5.72. The van der Waals surface area contributed by atoms with E-state index in [9.17, 15) is 0 Å². The van der Waals surface area contributed by atoms with Crippen molar-refractivity contribution in [3.8, 4) is 11.3 Å². The molecule has 0 aliphatic rings. The van der Waals surface area contributed by atoms with Gasteiger partial charge in [0.25, 0.3) is 0 Å². The minimum Gasteiger partial charge on any atom is -0.382 e. The monoisotopic (exact) mass is 277 g/mol. The summed E-state index contributed by atoms with van der Waals surface area (Å²) >= 11 is 3.51. The van der Waals surface area contributed by atoms with E-state index in [0.29, 0.717) is 5.82 Å². The molecular formula is C12H12BrN3. The van der Waals surface area contributed by atoms with Gasteiger partial charge in [-0.25, -0.2) is 0 Å². The molecule has 0 fully saturated rings. The van der Waals surface area contributed by atoms with Crippen LogP contribution < -0.4 is 5.73 Å². The van der Waals surface area contributed by atoms with Crippen molar-refractivity contribution >= 4 is 21.7 Å². The van der Waals surface area contributed by atoms with Gasteiger partial charge < -0.3 is 5.73 Å². The van der Waals surface area contributed by atoms with Crippen molar-refractivity contribution in [2.75, 3.05) is 5.73 Å². The quantitative estimate of drug-likeness (QED) is 0.872. The predicted octanol–water partition coefficient (Wildman–Crippen LogP) is 3.11. The highest BCUT2D eigenvalue weighted by atomic mass is 79.9. The van der Waals surface area contributed by atoms with Gasteiger partial charge in [-0.2, -0.15) is 0 Å². The number of aromatic nitrogens is 2. The first-order valence-electron chi connectivity index (χ1n) is 4.95. The highest BCUT2D eigenvalue weighted by Gasteiger charge is 2.11. The lowest BCUT2D eigenvalue weighted by molar-refractivity contribution is 1.01. The van der Waals surface area contributed by atoms with E-state index in [1.54, 1.807) is 0 Å². The molecule has 2 aromatic rings. The van der Waals surface area contributed by atoms with Crippen molar-refractivity contribution in [1.29, 1.82) is 0 Å². The van der Waals surface area contributed by atoms with Crippen LogP contribution in [0.15, 0.2) is 28.7 Å². The smallest absolute Gasteiger partial charge is 0.149 e. The molecule has 1 aromatic carbocycles. The van der Waals surface area contributed by atoms with E-state index in [0.717, 1.165) is 26.9 Å². The van der Waals surface area contributed by atoms with Gasteiger partial charge in [0.05, 0.1) is 5.69 Å². The predicted molar refractivity (Wildman–Crippen MR) is 69.1 cm³/mol. The lowest BCUT2D eigenvalue weighted by Gasteiger charge is -2.09. The molecule has 0 saturated carbocycles. The minimum absolute atomic E-state index is 0.494. The molecule has 0 spiro atoms. The standard InChI is InChI=1S/C12H12BrN3/c1-7-8(2)12(14)16-15-11(7)9-5-3-4-6-10(9)13/h3-6H,1-2H3,(H2,14,16). The van der Waals surface area contributed by atoms with Crippen molar-refractivity contribution in [3.05, 3.63) is 39.9 Å². The first-order valence-corrected chi connectivity index (χ1v) is 5.75. The zero-order valence-corrected chi connectivity index (χ0v) is 10.7. The van der Waals surface area contributed by atoms with Crippen LogP contribution in [0.4, 0.5) is 5.82 Å². The van der Waals surface area contributed by atoms with E-state index in [1.807, 2.05) is 38.1 Å². The maximum Gasteiger partial charge on any atom is 0.149 e. The molecule has 0 saturated heterocycles. The third-order valence-electron chi connectivity index (χ3n) is 2.69. The van der Waals surface area contributed by atoms with E-state index in [-0.39, 0.29) is 0 Å². The summed E-state index contributed by atoms with van der Waals surface area (Å²) in [4.78, 5) is 0. The van der Waals surface area contributed by atoms with Crippen LogP contribution in [-0.4, -0.2) is 10.2 Å². The van der Waals surface area contributed by atoms with Crippen LogP contribution in [-0.2, 0) is 0 Å². The molecule has 16 heavy (non-hydrogen) atoms. The Bertz CT molecular complexity index is 538. The Kier molecular flexibility index (Phi) is 2.92. The molecule has 4 heteroatoms. The number of hydrogen-bond donors (Lipinski definition) is 1. The number of halogens is 1. The van der Waals surface area contributed by atoms with Gasteiger partial charge in [0, 0.05) is 10.0 Å². The summed E-state index contributed by atoms with van der Waals surface area (Å²) in [5, 5.41) is 8.13. The second-order valence-corrected chi connectivity index (χ2v) is 4.52. The van der Waals surface area contributed by atoms with Crippen LogP contribution in [0.3, 0.4) is 0 Å². The Morgan fingerprint density at radius 1 is 1.06 bits per heavy atom. The highest BCUT2D eigenvalue weighted by molar-refractivity contribution is 9.10. The molecule has 0 bridgehead atoms. The van der Waals surface area contributed by atoms with Gasteiger partial charge in [0.15, 0.2) is 0 Å². The molecule has 82 valence electrons. The number of benzene rings is 1. The van der Waals surface area contributed by atoms with E-state index >= 15 is 0 Å². The molecule has 0 aliphatic carbocycles. The van der Waals surface area contributed by atoms with Crippen molar-refractivity contribution in [3.63, 3.8) is 0 Å². The SMILES string of the molecule is Cc1c(N)nnc(-c2ccccc2Br)c1C. The molecule has 2 N–H and O–H groups in total. The molecule has 2 rings (SSSR count). The van der Waals surface area contributed by atoms with E-state index in [4.69, 9.17) is 5.73 Å². The molecule has 0 unspecified atom stereocenters. The fraction of sp³-hybridized carbons (Fsp3) is 0.167. The summed E-state index contributed by atoms with van der Waals surface area (Å²) in [5.74, 6) is 0.494. The first kappa shape index (κ1) is 11.1. The topological polar surface area (TPSA) is 51.8 Å². The van der Waals surface area contributed by atoms with Gasteiger partial charge >= 0.3 is 0 Å². The number of anilines is 1. The number of nitrogens with two attached hydrogens (primary N) is 1. The normalized spacial score (nSPS) is 10.4. The summed E-state index contributed by atoms with van der Waals surface area (Å²) in [5.41, 5.74) is 9.69. The van der Waals surface area contributed by atoms with Crippen molar-refractivity contribution in [2.45, 2.75) is 13.8 Å². The molecule has 3 nitrogen and oxygen atoms in total.